The summed E-state index contributed by atoms with van der Waals surface area (Å²) in [6, 6.07) is 0. The number of hydrogen-bond donors (Lipinski definition) is 3. The van der Waals surface area contributed by atoms with Gasteiger partial charge in [0.05, 0.1) is 0 Å². The quantitative estimate of drug-likeness (QED) is 0.500. The van der Waals surface area contributed by atoms with Gasteiger partial charge in [-0.15, -0.1) is 0 Å². The third-order valence-corrected chi connectivity index (χ3v) is 1.63. The lowest BCUT2D eigenvalue weighted by Crippen LogP contribution is -2.25. The zero-order chi connectivity index (χ0) is 12.0. The molecule has 0 radical (unpaired) electrons. The number of rotatable bonds is 3. The molecule has 0 aromatic carbocycles. The number of aromatic nitrogens is 2. The van der Waals surface area contributed by atoms with Crippen molar-refractivity contribution in [2.24, 2.45) is 0 Å². The molecule has 0 saturated heterocycles. The van der Waals surface area contributed by atoms with Gasteiger partial charge in [0, 0.05) is 12.3 Å². The molecule has 0 aliphatic rings. The van der Waals surface area contributed by atoms with Crippen molar-refractivity contribution in [1.29, 1.82) is 0 Å². The van der Waals surface area contributed by atoms with E-state index in [4.69, 9.17) is 0 Å². The normalized spacial score (nSPS) is 11.1. The number of hydrogen-bond acceptors (Lipinski definition) is 3. The van der Waals surface area contributed by atoms with Gasteiger partial charge < -0.3 is 10.3 Å². The predicted molar refractivity (Wildman–Crippen MR) is 60.3 cm³/mol. The Morgan fingerprint density at radius 1 is 1.38 bits per heavy atom. The highest BCUT2D eigenvalue weighted by atomic mass is 16.2. The van der Waals surface area contributed by atoms with Crippen LogP contribution in [0.4, 0.5) is 5.69 Å². The molecule has 3 N–H and O–H groups in total. The molecular weight excluding hydrogens is 210 g/mol. The summed E-state index contributed by atoms with van der Waals surface area (Å²) >= 11 is 0. The second-order valence-electron chi connectivity index (χ2n) is 2.86. The number of amides is 1. The van der Waals surface area contributed by atoms with Crippen molar-refractivity contribution in [3.8, 4) is 0 Å². The average Bonchev–Trinajstić information content (AvgIpc) is 2.23. The number of H-pyrrole nitrogens is 2. The largest absolute Gasteiger partial charge is 0.325 e. The maximum Gasteiger partial charge on any atom is 0.325 e. The fraction of sp³-hybridized carbons (Fsp3) is 0.100. The number of carbonyl (C=O) groups excluding carboxylic acids is 1. The molecule has 0 saturated carbocycles. The highest BCUT2D eigenvalue weighted by Crippen LogP contribution is 1.92. The maximum atomic E-state index is 11.2. The van der Waals surface area contributed by atoms with E-state index in [9.17, 15) is 14.4 Å². The van der Waals surface area contributed by atoms with Crippen molar-refractivity contribution < 1.29 is 4.79 Å². The number of nitrogens with one attached hydrogen (secondary N) is 3. The molecule has 1 rings (SSSR count). The van der Waals surface area contributed by atoms with E-state index in [1.54, 1.807) is 12.2 Å². The first kappa shape index (κ1) is 11.7. The number of allylic oxidation sites excluding steroid dienone is 3. The lowest BCUT2D eigenvalue weighted by molar-refractivity contribution is -0.111. The van der Waals surface area contributed by atoms with Gasteiger partial charge >= 0.3 is 5.69 Å². The fourth-order valence-electron chi connectivity index (χ4n) is 0.931. The molecule has 1 aromatic heterocycles. The van der Waals surface area contributed by atoms with Crippen molar-refractivity contribution in [3.63, 3.8) is 0 Å². The SMILES string of the molecule is C/C=C/C=C\C(=O)Nc1c[nH]c(=O)[nH]c1=O. The molecule has 0 bridgehead atoms. The van der Waals surface area contributed by atoms with E-state index in [0.29, 0.717) is 0 Å². The van der Waals surface area contributed by atoms with Gasteiger partial charge in [-0.1, -0.05) is 18.2 Å². The molecule has 0 aliphatic heterocycles. The van der Waals surface area contributed by atoms with Gasteiger partial charge in [-0.3, -0.25) is 14.6 Å². The molecule has 0 aliphatic carbocycles. The van der Waals surface area contributed by atoms with Crippen molar-refractivity contribution >= 4 is 11.6 Å². The van der Waals surface area contributed by atoms with Crippen molar-refractivity contribution in [3.05, 3.63) is 51.3 Å². The van der Waals surface area contributed by atoms with E-state index in [2.05, 4.69) is 10.3 Å². The Bertz CT molecular complexity index is 537. The molecular formula is C10H11N3O3. The Kier molecular flexibility index (Phi) is 4.02. The third kappa shape index (κ3) is 3.41. The van der Waals surface area contributed by atoms with E-state index < -0.39 is 17.2 Å². The highest BCUT2D eigenvalue weighted by Gasteiger charge is 2.02. The number of carbonyl (C=O) groups is 1. The Hall–Kier alpha value is -2.37. The fourth-order valence-corrected chi connectivity index (χ4v) is 0.931. The van der Waals surface area contributed by atoms with Crippen LogP contribution < -0.4 is 16.6 Å². The second kappa shape index (κ2) is 5.50. The van der Waals surface area contributed by atoms with Gasteiger partial charge in [-0.05, 0) is 6.92 Å². The molecule has 1 amide bonds. The minimum Gasteiger partial charge on any atom is -0.317 e. The summed E-state index contributed by atoms with van der Waals surface area (Å²) < 4.78 is 0. The monoisotopic (exact) mass is 221 g/mol. The Labute approximate surface area is 90.7 Å². The van der Waals surface area contributed by atoms with Gasteiger partial charge in [-0.2, -0.15) is 0 Å². The lowest BCUT2D eigenvalue weighted by Gasteiger charge is -1.98. The third-order valence-electron chi connectivity index (χ3n) is 1.63. The summed E-state index contributed by atoms with van der Waals surface area (Å²) in [5.41, 5.74) is -1.27. The van der Waals surface area contributed by atoms with Crippen LogP contribution in [0.1, 0.15) is 6.92 Å². The molecule has 0 unspecified atom stereocenters. The molecule has 0 spiro atoms. The summed E-state index contributed by atoms with van der Waals surface area (Å²) in [6.07, 6.45) is 7.38. The molecule has 1 heterocycles. The summed E-state index contributed by atoms with van der Waals surface area (Å²) in [7, 11) is 0. The molecule has 16 heavy (non-hydrogen) atoms. The van der Waals surface area contributed by atoms with E-state index in [1.807, 2.05) is 11.9 Å². The molecule has 1 aromatic rings. The van der Waals surface area contributed by atoms with Crippen molar-refractivity contribution in [2.75, 3.05) is 5.32 Å². The minimum absolute atomic E-state index is 0.00488. The van der Waals surface area contributed by atoms with E-state index >= 15 is 0 Å². The van der Waals surface area contributed by atoms with Gasteiger partial charge in [0.15, 0.2) is 0 Å². The smallest absolute Gasteiger partial charge is 0.317 e. The summed E-state index contributed by atoms with van der Waals surface area (Å²) in [6.45, 7) is 1.81. The van der Waals surface area contributed by atoms with Crippen molar-refractivity contribution in [2.45, 2.75) is 6.92 Å². The van der Waals surface area contributed by atoms with Crippen LogP contribution in [-0.4, -0.2) is 15.9 Å². The van der Waals surface area contributed by atoms with Crippen LogP contribution in [0.3, 0.4) is 0 Å². The summed E-state index contributed by atoms with van der Waals surface area (Å²) in [5, 5.41) is 2.32. The molecule has 0 fully saturated rings. The van der Waals surface area contributed by atoms with Gasteiger partial charge in [0.1, 0.15) is 5.69 Å². The van der Waals surface area contributed by atoms with Crippen LogP contribution in [0.2, 0.25) is 0 Å². The standard InChI is InChI=1S/C10H11N3O3/c1-2-3-4-5-8(14)12-7-6-11-10(16)13-9(7)15/h2-6H,1H3,(H,12,14)(H2,11,13,15,16)/b3-2+,5-4-. The van der Waals surface area contributed by atoms with Gasteiger partial charge in [0.25, 0.3) is 5.56 Å². The first-order chi connectivity index (χ1) is 7.63. The topological polar surface area (TPSA) is 94.8 Å². The average molecular weight is 221 g/mol. The Balaban J connectivity index is 2.78. The van der Waals surface area contributed by atoms with E-state index in [1.165, 1.54) is 12.2 Å². The van der Waals surface area contributed by atoms with E-state index in [-0.39, 0.29) is 5.69 Å². The van der Waals surface area contributed by atoms with Crippen LogP contribution >= 0.6 is 0 Å². The minimum atomic E-state index is -0.642. The maximum absolute atomic E-state index is 11.2. The van der Waals surface area contributed by atoms with Crippen LogP contribution in [0.5, 0.6) is 0 Å². The predicted octanol–water partition coefficient (Wildman–Crippen LogP) is 0.134. The summed E-state index contributed by atoms with van der Waals surface area (Å²) in [4.78, 5) is 37.4. The van der Waals surface area contributed by atoms with Crippen LogP contribution in [0.25, 0.3) is 0 Å². The van der Waals surface area contributed by atoms with Crippen LogP contribution in [0, 0.1) is 0 Å². The number of aromatic amines is 2. The van der Waals surface area contributed by atoms with Gasteiger partial charge in [-0.25, -0.2) is 4.79 Å². The summed E-state index contributed by atoms with van der Waals surface area (Å²) in [5.74, 6) is -0.448. The second-order valence-corrected chi connectivity index (χ2v) is 2.86. The van der Waals surface area contributed by atoms with Gasteiger partial charge in [0.2, 0.25) is 5.91 Å². The zero-order valence-electron chi connectivity index (χ0n) is 8.61. The Morgan fingerprint density at radius 3 is 2.75 bits per heavy atom. The first-order valence-corrected chi connectivity index (χ1v) is 4.56. The van der Waals surface area contributed by atoms with E-state index in [0.717, 1.165) is 6.20 Å². The highest BCUT2D eigenvalue weighted by molar-refractivity contribution is 5.99. The van der Waals surface area contributed by atoms with Crippen LogP contribution in [0.15, 0.2) is 40.1 Å². The first-order valence-electron chi connectivity index (χ1n) is 4.56. The van der Waals surface area contributed by atoms with Crippen molar-refractivity contribution in [1.82, 2.24) is 9.97 Å². The molecule has 6 nitrogen and oxygen atoms in total. The Morgan fingerprint density at radius 2 is 2.12 bits per heavy atom. The molecule has 6 heteroatoms. The lowest BCUT2D eigenvalue weighted by atomic mass is 10.4. The molecule has 0 atom stereocenters. The number of anilines is 1. The van der Waals surface area contributed by atoms with Crippen LogP contribution in [-0.2, 0) is 4.79 Å². The molecule has 84 valence electrons. The zero-order valence-corrected chi connectivity index (χ0v) is 8.61.